The third-order valence-corrected chi connectivity index (χ3v) is 5.01. The first-order valence-corrected chi connectivity index (χ1v) is 7.80. The Balaban J connectivity index is 1.50. The lowest BCUT2D eigenvalue weighted by atomic mass is 9.57. The third kappa shape index (κ3) is 2.01. The Kier molecular flexibility index (Phi) is 2.97. The summed E-state index contributed by atoms with van der Waals surface area (Å²) in [7, 11) is 0. The van der Waals surface area contributed by atoms with Crippen molar-refractivity contribution in [3.8, 4) is 5.82 Å². The molecule has 0 bridgehead atoms. The SMILES string of the molecule is Cc1ccn(-c2ccc(N[C@@H]3[C@H]4CCO[C@H]4C3(C)C)nn2)n1. The van der Waals surface area contributed by atoms with Gasteiger partial charge in [0.25, 0.3) is 0 Å². The largest absolute Gasteiger partial charge is 0.377 e. The van der Waals surface area contributed by atoms with Gasteiger partial charge in [0.15, 0.2) is 5.82 Å². The molecule has 0 radical (unpaired) electrons. The van der Waals surface area contributed by atoms with Crippen molar-refractivity contribution < 1.29 is 4.74 Å². The van der Waals surface area contributed by atoms with Gasteiger partial charge in [-0.05, 0) is 31.5 Å². The Morgan fingerprint density at radius 3 is 2.82 bits per heavy atom. The molecule has 1 aliphatic carbocycles. The van der Waals surface area contributed by atoms with Crippen molar-refractivity contribution in [3.63, 3.8) is 0 Å². The Morgan fingerprint density at radius 1 is 1.27 bits per heavy atom. The lowest BCUT2D eigenvalue weighted by Crippen LogP contribution is -2.63. The molecule has 2 fully saturated rings. The summed E-state index contributed by atoms with van der Waals surface area (Å²) in [6.07, 6.45) is 3.40. The predicted octanol–water partition coefficient (Wildman–Crippen LogP) is 2.20. The zero-order valence-corrected chi connectivity index (χ0v) is 13.2. The average Bonchev–Trinajstić information content (AvgIpc) is 3.13. The number of nitrogens with one attached hydrogen (secondary N) is 1. The maximum atomic E-state index is 5.83. The highest BCUT2D eigenvalue weighted by atomic mass is 16.5. The second kappa shape index (κ2) is 4.78. The number of hydrogen-bond donors (Lipinski definition) is 1. The highest BCUT2D eigenvalue weighted by Crippen LogP contribution is 2.53. The molecule has 1 saturated carbocycles. The van der Waals surface area contributed by atoms with E-state index in [0.717, 1.165) is 30.4 Å². The molecule has 6 heteroatoms. The van der Waals surface area contributed by atoms with Crippen LogP contribution in [0.5, 0.6) is 0 Å². The number of anilines is 1. The van der Waals surface area contributed by atoms with E-state index >= 15 is 0 Å². The maximum Gasteiger partial charge on any atom is 0.175 e. The molecule has 3 heterocycles. The normalized spacial score (nSPS) is 29.0. The third-order valence-electron chi connectivity index (χ3n) is 5.01. The zero-order valence-electron chi connectivity index (χ0n) is 13.2. The van der Waals surface area contributed by atoms with Gasteiger partial charge in [-0.25, -0.2) is 4.68 Å². The van der Waals surface area contributed by atoms with Crippen LogP contribution in [0, 0.1) is 18.3 Å². The van der Waals surface area contributed by atoms with Gasteiger partial charge in [-0.1, -0.05) is 13.8 Å². The second-order valence-corrected chi connectivity index (χ2v) is 6.87. The van der Waals surface area contributed by atoms with Crippen LogP contribution in [0.1, 0.15) is 26.0 Å². The van der Waals surface area contributed by atoms with Gasteiger partial charge >= 0.3 is 0 Å². The van der Waals surface area contributed by atoms with Gasteiger partial charge in [0.05, 0.1) is 11.8 Å². The van der Waals surface area contributed by atoms with Gasteiger partial charge < -0.3 is 10.1 Å². The van der Waals surface area contributed by atoms with Crippen molar-refractivity contribution in [2.45, 2.75) is 39.3 Å². The first kappa shape index (κ1) is 13.7. The van der Waals surface area contributed by atoms with Crippen LogP contribution in [-0.2, 0) is 4.74 Å². The molecule has 116 valence electrons. The molecule has 6 nitrogen and oxygen atoms in total. The zero-order chi connectivity index (χ0) is 15.3. The molecule has 0 aromatic carbocycles. The van der Waals surface area contributed by atoms with Crippen LogP contribution < -0.4 is 5.32 Å². The summed E-state index contributed by atoms with van der Waals surface area (Å²) in [4.78, 5) is 0. The smallest absolute Gasteiger partial charge is 0.175 e. The number of ether oxygens (including phenoxy) is 1. The van der Waals surface area contributed by atoms with E-state index in [2.05, 4.69) is 34.5 Å². The lowest BCUT2D eigenvalue weighted by Gasteiger charge is -2.54. The first-order valence-electron chi connectivity index (χ1n) is 7.80. The molecule has 0 spiro atoms. The van der Waals surface area contributed by atoms with E-state index in [1.165, 1.54) is 0 Å². The Bertz CT molecular complexity index is 678. The molecule has 2 aromatic rings. The van der Waals surface area contributed by atoms with Crippen LogP contribution in [0.15, 0.2) is 24.4 Å². The molecule has 2 aliphatic rings. The molecule has 1 N–H and O–H groups in total. The molecule has 22 heavy (non-hydrogen) atoms. The van der Waals surface area contributed by atoms with Crippen molar-refractivity contribution in [3.05, 3.63) is 30.1 Å². The topological polar surface area (TPSA) is 64.9 Å². The molecule has 1 aliphatic heterocycles. The van der Waals surface area contributed by atoms with E-state index in [9.17, 15) is 0 Å². The summed E-state index contributed by atoms with van der Waals surface area (Å²) >= 11 is 0. The van der Waals surface area contributed by atoms with Crippen molar-refractivity contribution in [2.24, 2.45) is 11.3 Å². The summed E-state index contributed by atoms with van der Waals surface area (Å²) in [5.41, 5.74) is 1.10. The van der Waals surface area contributed by atoms with E-state index in [1.807, 2.05) is 31.3 Å². The fourth-order valence-corrected chi connectivity index (χ4v) is 3.84. The van der Waals surface area contributed by atoms with Gasteiger partial charge in [0.2, 0.25) is 0 Å². The standard InChI is InChI=1S/C16H21N5O/c1-10-6-8-21(20-10)13-5-4-12(18-19-13)17-14-11-7-9-22-15(11)16(14,2)3/h4-6,8,11,14-15H,7,9H2,1-3H3,(H,17,18)/t11-,14-,15-/m1/s1. The molecule has 0 amide bonds. The van der Waals surface area contributed by atoms with Crippen LogP contribution in [0.2, 0.25) is 0 Å². The van der Waals surface area contributed by atoms with Gasteiger partial charge in [0.1, 0.15) is 5.82 Å². The summed E-state index contributed by atoms with van der Waals surface area (Å²) in [6.45, 7) is 7.34. The summed E-state index contributed by atoms with van der Waals surface area (Å²) in [5, 5.41) is 16.5. The molecule has 3 atom stereocenters. The van der Waals surface area contributed by atoms with Crippen LogP contribution in [0.25, 0.3) is 5.82 Å². The average molecular weight is 299 g/mol. The fraction of sp³-hybridized carbons (Fsp3) is 0.562. The highest BCUT2D eigenvalue weighted by molar-refractivity contribution is 5.40. The van der Waals surface area contributed by atoms with Crippen LogP contribution in [0.4, 0.5) is 5.82 Å². The molecule has 0 unspecified atom stereocenters. The van der Waals surface area contributed by atoms with Crippen molar-refractivity contribution >= 4 is 5.82 Å². The van der Waals surface area contributed by atoms with E-state index < -0.39 is 0 Å². The highest BCUT2D eigenvalue weighted by Gasteiger charge is 2.59. The van der Waals surface area contributed by atoms with Crippen molar-refractivity contribution in [2.75, 3.05) is 11.9 Å². The molecule has 2 aromatic heterocycles. The Labute approximate surface area is 129 Å². The second-order valence-electron chi connectivity index (χ2n) is 6.87. The van der Waals surface area contributed by atoms with Gasteiger partial charge in [-0.15, -0.1) is 10.2 Å². The fourth-order valence-electron chi connectivity index (χ4n) is 3.84. The van der Waals surface area contributed by atoms with Crippen LogP contribution >= 0.6 is 0 Å². The molecule has 4 rings (SSSR count). The summed E-state index contributed by atoms with van der Waals surface area (Å²) < 4.78 is 7.56. The quantitative estimate of drug-likeness (QED) is 0.941. The number of aromatic nitrogens is 4. The minimum absolute atomic E-state index is 0.139. The minimum atomic E-state index is 0.139. The molecule has 1 saturated heterocycles. The Morgan fingerprint density at radius 2 is 2.14 bits per heavy atom. The van der Waals surface area contributed by atoms with E-state index in [4.69, 9.17) is 4.74 Å². The predicted molar refractivity (Wildman–Crippen MR) is 82.9 cm³/mol. The van der Waals surface area contributed by atoms with E-state index in [0.29, 0.717) is 18.1 Å². The number of rotatable bonds is 3. The minimum Gasteiger partial charge on any atom is -0.377 e. The number of hydrogen-bond acceptors (Lipinski definition) is 5. The van der Waals surface area contributed by atoms with Gasteiger partial charge in [0, 0.05) is 30.2 Å². The number of nitrogens with zero attached hydrogens (tertiary/aromatic N) is 4. The van der Waals surface area contributed by atoms with Crippen LogP contribution in [0.3, 0.4) is 0 Å². The summed E-state index contributed by atoms with van der Waals surface area (Å²) in [5.74, 6) is 2.13. The Hall–Kier alpha value is -1.95. The van der Waals surface area contributed by atoms with Gasteiger partial charge in [-0.3, -0.25) is 0 Å². The lowest BCUT2D eigenvalue weighted by molar-refractivity contribution is -0.0924. The summed E-state index contributed by atoms with van der Waals surface area (Å²) in [6, 6.07) is 6.26. The molecular weight excluding hydrogens is 278 g/mol. The van der Waals surface area contributed by atoms with Gasteiger partial charge in [-0.2, -0.15) is 5.10 Å². The monoisotopic (exact) mass is 299 g/mol. The van der Waals surface area contributed by atoms with Crippen molar-refractivity contribution in [1.29, 1.82) is 0 Å². The van der Waals surface area contributed by atoms with Crippen LogP contribution in [-0.4, -0.2) is 38.7 Å². The first-order chi connectivity index (χ1) is 10.6. The number of fused-ring (bicyclic) bond motifs is 1. The number of aryl methyl sites for hydroxylation is 1. The van der Waals surface area contributed by atoms with Crippen molar-refractivity contribution in [1.82, 2.24) is 20.0 Å². The maximum absolute atomic E-state index is 5.83. The van der Waals surface area contributed by atoms with E-state index in [1.54, 1.807) is 4.68 Å². The van der Waals surface area contributed by atoms with E-state index in [-0.39, 0.29) is 5.41 Å². The molecular formula is C16H21N5O.